The van der Waals surface area contributed by atoms with Crippen LogP contribution in [0.15, 0.2) is 43.9 Å². The van der Waals surface area contributed by atoms with Crippen molar-refractivity contribution < 1.29 is 4.42 Å². The molecule has 1 aromatic carbocycles. The molecule has 0 amide bonds. The molecule has 1 atom stereocenters. The Morgan fingerprint density at radius 2 is 2.25 bits per heavy atom. The molecule has 0 fully saturated rings. The van der Waals surface area contributed by atoms with Gasteiger partial charge in [-0.3, -0.25) is 0 Å². The van der Waals surface area contributed by atoms with Gasteiger partial charge in [0, 0.05) is 5.39 Å². The summed E-state index contributed by atoms with van der Waals surface area (Å²) >= 11 is 11.4. The first-order valence-corrected chi connectivity index (χ1v) is 8.39. The van der Waals surface area contributed by atoms with Gasteiger partial charge in [-0.1, -0.05) is 30.7 Å². The third kappa shape index (κ3) is 2.66. The van der Waals surface area contributed by atoms with Crippen LogP contribution in [0.3, 0.4) is 0 Å². The third-order valence-electron chi connectivity index (χ3n) is 3.13. The molecule has 0 aliphatic carbocycles. The fourth-order valence-corrected chi connectivity index (χ4v) is 3.67. The van der Waals surface area contributed by atoms with Crippen molar-refractivity contribution >= 4 is 49.8 Å². The van der Waals surface area contributed by atoms with Gasteiger partial charge in [0.2, 0.25) is 0 Å². The van der Waals surface area contributed by atoms with Crippen LogP contribution in [0.1, 0.15) is 24.3 Å². The molecule has 3 rings (SSSR count). The van der Waals surface area contributed by atoms with Crippen molar-refractivity contribution in [3.05, 3.63) is 55.8 Å². The Hall–Kier alpha value is -0.810. The van der Waals surface area contributed by atoms with Gasteiger partial charge in [-0.15, -0.1) is 11.3 Å². The fraction of sp³-hybridized carbons (Fsp3) is 0.200. The topological polar surface area (TPSA) is 25.2 Å². The maximum absolute atomic E-state index is 6.18. The van der Waals surface area contributed by atoms with Crippen molar-refractivity contribution in [2.75, 3.05) is 6.54 Å². The lowest BCUT2D eigenvalue weighted by Crippen LogP contribution is -2.20. The van der Waals surface area contributed by atoms with E-state index in [1.165, 1.54) is 5.56 Å². The Morgan fingerprint density at radius 3 is 2.90 bits per heavy atom. The van der Waals surface area contributed by atoms with Crippen molar-refractivity contribution in [2.24, 2.45) is 0 Å². The zero-order valence-electron chi connectivity index (χ0n) is 10.8. The molecule has 2 aromatic heterocycles. The first kappa shape index (κ1) is 14.1. The van der Waals surface area contributed by atoms with Gasteiger partial charge in [0.1, 0.15) is 5.76 Å². The number of para-hydroxylation sites is 1. The predicted octanol–water partition coefficient (Wildman–Crippen LogP) is 5.61. The summed E-state index contributed by atoms with van der Waals surface area (Å²) in [5.41, 5.74) is 1.94. The Balaban J connectivity index is 2.07. The van der Waals surface area contributed by atoms with Gasteiger partial charge < -0.3 is 9.73 Å². The molecule has 0 aliphatic heterocycles. The molecule has 1 N–H and O–H groups in total. The van der Waals surface area contributed by atoms with E-state index in [0.717, 1.165) is 27.1 Å². The second-order valence-corrected chi connectivity index (χ2v) is 7.18. The number of furan rings is 1. The highest BCUT2D eigenvalue weighted by Crippen LogP contribution is 2.34. The number of rotatable bonds is 4. The van der Waals surface area contributed by atoms with E-state index in [1.807, 2.05) is 18.2 Å². The molecule has 5 heteroatoms. The van der Waals surface area contributed by atoms with E-state index in [1.54, 1.807) is 11.3 Å². The minimum atomic E-state index is 0.0472. The highest BCUT2D eigenvalue weighted by atomic mass is 79.9. The molecule has 0 radical (unpaired) electrons. The van der Waals surface area contributed by atoms with E-state index in [9.17, 15) is 0 Å². The fourth-order valence-electron chi connectivity index (χ4n) is 2.25. The van der Waals surface area contributed by atoms with E-state index in [0.29, 0.717) is 5.02 Å². The third-order valence-corrected chi connectivity index (χ3v) is 4.95. The number of hydrogen-bond acceptors (Lipinski definition) is 3. The van der Waals surface area contributed by atoms with Crippen LogP contribution in [0, 0.1) is 0 Å². The lowest BCUT2D eigenvalue weighted by molar-refractivity contribution is 0.478. The van der Waals surface area contributed by atoms with Crippen LogP contribution >= 0.6 is 38.9 Å². The van der Waals surface area contributed by atoms with Gasteiger partial charge in [0.25, 0.3) is 0 Å². The molecular weight excluding hydrogens is 358 g/mol. The number of benzene rings is 1. The largest absolute Gasteiger partial charge is 0.457 e. The number of thiophene rings is 1. The molecule has 2 heterocycles. The van der Waals surface area contributed by atoms with Gasteiger partial charge in [-0.2, -0.15) is 0 Å². The SMILES string of the molecule is CCNC(c1csc(Br)c1)c1cc2cccc(Cl)c2o1. The summed E-state index contributed by atoms with van der Waals surface area (Å²) in [4.78, 5) is 0. The lowest BCUT2D eigenvalue weighted by Gasteiger charge is -2.13. The zero-order valence-corrected chi connectivity index (χ0v) is 14.0. The highest BCUT2D eigenvalue weighted by molar-refractivity contribution is 9.11. The van der Waals surface area contributed by atoms with E-state index in [-0.39, 0.29) is 6.04 Å². The average molecular weight is 371 g/mol. The summed E-state index contributed by atoms with van der Waals surface area (Å²) in [7, 11) is 0. The maximum atomic E-state index is 6.18. The van der Waals surface area contributed by atoms with Crippen LogP contribution in [0.5, 0.6) is 0 Å². The zero-order chi connectivity index (χ0) is 14.1. The Morgan fingerprint density at radius 1 is 1.40 bits per heavy atom. The molecule has 0 saturated heterocycles. The predicted molar refractivity (Wildman–Crippen MR) is 88.8 cm³/mol. The highest BCUT2D eigenvalue weighted by Gasteiger charge is 2.19. The molecule has 0 aliphatic rings. The van der Waals surface area contributed by atoms with Crippen molar-refractivity contribution in [3.63, 3.8) is 0 Å². The summed E-state index contributed by atoms with van der Waals surface area (Å²) in [5, 5.41) is 7.27. The van der Waals surface area contributed by atoms with Crippen LogP contribution in [0.4, 0.5) is 0 Å². The molecule has 2 nitrogen and oxygen atoms in total. The standard InChI is InChI=1S/C15H13BrClNOS/c1-2-18-14(10-7-13(16)20-8-10)12-6-9-4-3-5-11(17)15(9)19-12/h3-8,14,18H,2H2,1H3. The van der Waals surface area contributed by atoms with Gasteiger partial charge in [-0.25, -0.2) is 0 Å². The van der Waals surface area contributed by atoms with Crippen molar-refractivity contribution in [1.29, 1.82) is 0 Å². The number of halogens is 2. The molecule has 0 bridgehead atoms. The van der Waals surface area contributed by atoms with E-state index in [2.05, 4.69) is 45.7 Å². The van der Waals surface area contributed by atoms with Gasteiger partial charge >= 0.3 is 0 Å². The smallest absolute Gasteiger partial charge is 0.152 e. The lowest BCUT2D eigenvalue weighted by atomic mass is 10.1. The van der Waals surface area contributed by atoms with Gasteiger partial charge in [0.05, 0.1) is 14.9 Å². The number of nitrogens with one attached hydrogen (secondary N) is 1. The Kier molecular flexibility index (Phi) is 4.17. The quantitative estimate of drug-likeness (QED) is 0.646. The van der Waals surface area contributed by atoms with Crippen LogP contribution in [-0.2, 0) is 0 Å². The first-order valence-electron chi connectivity index (χ1n) is 6.34. The number of fused-ring (bicyclic) bond motifs is 1. The van der Waals surface area contributed by atoms with Crippen LogP contribution in [0.25, 0.3) is 11.0 Å². The maximum Gasteiger partial charge on any atom is 0.152 e. The molecule has 0 spiro atoms. The van der Waals surface area contributed by atoms with Gasteiger partial charge in [0.15, 0.2) is 5.58 Å². The summed E-state index contributed by atoms with van der Waals surface area (Å²) in [5.74, 6) is 0.889. The summed E-state index contributed by atoms with van der Waals surface area (Å²) in [6.45, 7) is 2.95. The second kappa shape index (κ2) is 5.90. The van der Waals surface area contributed by atoms with Crippen LogP contribution < -0.4 is 5.32 Å². The molecule has 104 valence electrons. The molecule has 3 aromatic rings. The minimum Gasteiger partial charge on any atom is -0.457 e. The van der Waals surface area contributed by atoms with Crippen LogP contribution in [-0.4, -0.2) is 6.54 Å². The molecule has 0 saturated carbocycles. The van der Waals surface area contributed by atoms with E-state index in [4.69, 9.17) is 16.0 Å². The average Bonchev–Trinajstić information content (AvgIpc) is 3.03. The Labute approximate surface area is 134 Å². The second-order valence-electron chi connectivity index (χ2n) is 4.48. The van der Waals surface area contributed by atoms with E-state index < -0.39 is 0 Å². The summed E-state index contributed by atoms with van der Waals surface area (Å²) in [6.07, 6.45) is 0. The number of hydrogen-bond donors (Lipinski definition) is 1. The molecule has 20 heavy (non-hydrogen) atoms. The summed E-state index contributed by atoms with van der Waals surface area (Å²) in [6, 6.07) is 10.0. The van der Waals surface area contributed by atoms with Crippen molar-refractivity contribution in [1.82, 2.24) is 5.32 Å². The van der Waals surface area contributed by atoms with Gasteiger partial charge in [-0.05, 0) is 51.6 Å². The summed E-state index contributed by atoms with van der Waals surface area (Å²) < 4.78 is 7.09. The molecular formula is C15H13BrClNOS. The van der Waals surface area contributed by atoms with Crippen molar-refractivity contribution in [2.45, 2.75) is 13.0 Å². The van der Waals surface area contributed by atoms with E-state index >= 15 is 0 Å². The first-order chi connectivity index (χ1) is 9.69. The Bertz CT molecular complexity index is 736. The monoisotopic (exact) mass is 369 g/mol. The normalized spacial score (nSPS) is 12.9. The minimum absolute atomic E-state index is 0.0472. The van der Waals surface area contributed by atoms with Crippen LogP contribution in [0.2, 0.25) is 5.02 Å². The molecule has 1 unspecified atom stereocenters. The van der Waals surface area contributed by atoms with Crippen molar-refractivity contribution in [3.8, 4) is 0 Å².